The van der Waals surface area contributed by atoms with Crippen molar-refractivity contribution < 1.29 is 9.72 Å². The number of nitro benzene ring substituents is 1. The van der Waals surface area contributed by atoms with Crippen molar-refractivity contribution in [1.29, 1.82) is 0 Å². The number of hydrogen-bond donors (Lipinski definition) is 0. The van der Waals surface area contributed by atoms with E-state index in [-0.39, 0.29) is 22.6 Å². The third kappa shape index (κ3) is 3.98. The molecular formula is C19H22N2O3. The van der Waals surface area contributed by atoms with Crippen molar-refractivity contribution in [3.05, 3.63) is 75.3 Å². The van der Waals surface area contributed by atoms with E-state index in [1.54, 1.807) is 19.2 Å². The fourth-order valence-electron chi connectivity index (χ4n) is 2.48. The van der Waals surface area contributed by atoms with Crippen LogP contribution in [-0.4, -0.2) is 22.8 Å². The van der Waals surface area contributed by atoms with Gasteiger partial charge in [-0.05, 0) is 22.6 Å². The molecule has 0 saturated heterocycles. The van der Waals surface area contributed by atoms with Gasteiger partial charge in [0.05, 0.1) is 4.92 Å². The summed E-state index contributed by atoms with van der Waals surface area (Å²) < 4.78 is 0. The molecule has 5 heteroatoms. The topological polar surface area (TPSA) is 63.5 Å². The van der Waals surface area contributed by atoms with E-state index in [0.717, 1.165) is 5.56 Å². The lowest BCUT2D eigenvalue weighted by atomic mass is 9.87. The SMILES string of the molecule is CN(Cc1ccc(C(C)(C)C)cc1)C(=O)c1ccccc1[N+](=O)[O-]. The lowest BCUT2D eigenvalue weighted by molar-refractivity contribution is -0.385. The zero-order valence-corrected chi connectivity index (χ0v) is 14.4. The Morgan fingerprint density at radius 2 is 1.67 bits per heavy atom. The van der Waals surface area contributed by atoms with E-state index < -0.39 is 4.92 Å². The number of carbonyl (C=O) groups excluding carboxylic acids is 1. The van der Waals surface area contributed by atoms with Gasteiger partial charge in [-0.1, -0.05) is 57.2 Å². The molecule has 0 aliphatic rings. The van der Waals surface area contributed by atoms with Crippen LogP contribution in [0.5, 0.6) is 0 Å². The van der Waals surface area contributed by atoms with Crippen LogP contribution >= 0.6 is 0 Å². The van der Waals surface area contributed by atoms with Gasteiger partial charge >= 0.3 is 0 Å². The molecule has 0 aromatic heterocycles. The summed E-state index contributed by atoms with van der Waals surface area (Å²) in [5, 5.41) is 11.1. The number of rotatable bonds is 4. The summed E-state index contributed by atoms with van der Waals surface area (Å²) in [6.07, 6.45) is 0. The highest BCUT2D eigenvalue weighted by molar-refractivity contribution is 5.97. The molecular weight excluding hydrogens is 304 g/mol. The van der Waals surface area contributed by atoms with Crippen molar-refractivity contribution in [3.8, 4) is 0 Å². The third-order valence-electron chi connectivity index (χ3n) is 3.92. The van der Waals surface area contributed by atoms with E-state index in [2.05, 4.69) is 32.9 Å². The fraction of sp³-hybridized carbons (Fsp3) is 0.316. The van der Waals surface area contributed by atoms with E-state index in [1.807, 2.05) is 12.1 Å². The van der Waals surface area contributed by atoms with Crippen molar-refractivity contribution in [3.63, 3.8) is 0 Å². The number of nitro groups is 1. The number of nitrogens with zero attached hydrogens (tertiary/aromatic N) is 2. The first-order valence-electron chi connectivity index (χ1n) is 7.78. The minimum absolute atomic E-state index is 0.0743. The molecule has 2 rings (SSSR count). The monoisotopic (exact) mass is 326 g/mol. The first-order valence-corrected chi connectivity index (χ1v) is 7.78. The van der Waals surface area contributed by atoms with Crippen LogP contribution in [0.2, 0.25) is 0 Å². The van der Waals surface area contributed by atoms with E-state index in [9.17, 15) is 14.9 Å². The Morgan fingerprint density at radius 3 is 2.21 bits per heavy atom. The molecule has 0 heterocycles. The number of benzene rings is 2. The minimum atomic E-state index is -0.529. The Hall–Kier alpha value is -2.69. The molecule has 5 nitrogen and oxygen atoms in total. The normalized spacial score (nSPS) is 11.2. The maximum absolute atomic E-state index is 12.5. The maximum Gasteiger partial charge on any atom is 0.282 e. The van der Waals surface area contributed by atoms with Crippen LogP contribution in [-0.2, 0) is 12.0 Å². The average molecular weight is 326 g/mol. The lowest BCUT2D eigenvalue weighted by Crippen LogP contribution is -2.27. The molecule has 0 N–H and O–H groups in total. The second-order valence-electron chi connectivity index (χ2n) is 6.88. The second-order valence-corrected chi connectivity index (χ2v) is 6.88. The molecule has 0 atom stereocenters. The number of para-hydroxylation sites is 1. The molecule has 1 amide bonds. The van der Waals surface area contributed by atoms with Crippen LogP contribution in [0.4, 0.5) is 5.69 Å². The van der Waals surface area contributed by atoms with Crippen LogP contribution in [0, 0.1) is 10.1 Å². The summed E-state index contributed by atoms with van der Waals surface area (Å²) in [6.45, 7) is 6.83. The van der Waals surface area contributed by atoms with Gasteiger partial charge < -0.3 is 4.90 Å². The molecule has 126 valence electrons. The quantitative estimate of drug-likeness (QED) is 0.626. The van der Waals surface area contributed by atoms with Crippen molar-refractivity contribution in [2.45, 2.75) is 32.7 Å². The van der Waals surface area contributed by atoms with Gasteiger partial charge in [0.15, 0.2) is 0 Å². The summed E-state index contributed by atoms with van der Waals surface area (Å²) in [6, 6.07) is 14.1. The second kappa shape index (κ2) is 6.83. The molecule has 0 spiro atoms. The molecule has 0 saturated carbocycles. The first kappa shape index (κ1) is 17.7. The Labute approximate surface area is 142 Å². The summed E-state index contributed by atoms with van der Waals surface area (Å²) >= 11 is 0. The Bertz CT molecular complexity index is 746. The Kier molecular flexibility index (Phi) is 5.02. The molecule has 0 unspecified atom stereocenters. The van der Waals surface area contributed by atoms with Crippen LogP contribution in [0.25, 0.3) is 0 Å². The number of amides is 1. The highest BCUT2D eigenvalue weighted by Crippen LogP contribution is 2.23. The molecule has 0 fully saturated rings. The molecule has 0 bridgehead atoms. The zero-order valence-electron chi connectivity index (χ0n) is 14.4. The summed E-state index contributed by atoms with van der Waals surface area (Å²) in [5.41, 5.74) is 2.22. The molecule has 0 aliphatic carbocycles. The molecule has 2 aromatic rings. The molecule has 0 aliphatic heterocycles. The van der Waals surface area contributed by atoms with Gasteiger partial charge in [0.2, 0.25) is 0 Å². The van der Waals surface area contributed by atoms with Gasteiger partial charge in [-0.2, -0.15) is 0 Å². The third-order valence-corrected chi connectivity index (χ3v) is 3.92. The smallest absolute Gasteiger partial charge is 0.282 e. The molecule has 24 heavy (non-hydrogen) atoms. The van der Waals surface area contributed by atoms with Crippen LogP contribution in [0.3, 0.4) is 0 Å². The van der Waals surface area contributed by atoms with E-state index in [0.29, 0.717) is 6.54 Å². The van der Waals surface area contributed by atoms with E-state index in [4.69, 9.17) is 0 Å². The van der Waals surface area contributed by atoms with E-state index in [1.165, 1.54) is 22.6 Å². The highest BCUT2D eigenvalue weighted by atomic mass is 16.6. The highest BCUT2D eigenvalue weighted by Gasteiger charge is 2.22. The number of carbonyl (C=O) groups is 1. The lowest BCUT2D eigenvalue weighted by Gasteiger charge is -2.21. The van der Waals surface area contributed by atoms with Gasteiger partial charge in [0, 0.05) is 19.7 Å². The predicted octanol–water partition coefficient (Wildman–Crippen LogP) is 4.16. The number of hydrogen-bond acceptors (Lipinski definition) is 3. The summed E-state index contributed by atoms with van der Waals surface area (Å²) in [4.78, 5) is 24.6. The van der Waals surface area contributed by atoms with Crippen molar-refractivity contribution in [1.82, 2.24) is 4.90 Å². The van der Waals surface area contributed by atoms with Crippen molar-refractivity contribution in [2.24, 2.45) is 0 Å². The fourth-order valence-corrected chi connectivity index (χ4v) is 2.48. The van der Waals surface area contributed by atoms with Crippen LogP contribution in [0.15, 0.2) is 48.5 Å². The van der Waals surface area contributed by atoms with Crippen molar-refractivity contribution in [2.75, 3.05) is 7.05 Å². The van der Waals surface area contributed by atoms with E-state index >= 15 is 0 Å². The maximum atomic E-state index is 12.5. The van der Waals surface area contributed by atoms with Crippen molar-refractivity contribution >= 4 is 11.6 Å². The van der Waals surface area contributed by atoms with Gasteiger partial charge in [0.25, 0.3) is 11.6 Å². The van der Waals surface area contributed by atoms with Gasteiger partial charge in [-0.3, -0.25) is 14.9 Å². The summed E-state index contributed by atoms with van der Waals surface area (Å²) in [7, 11) is 1.65. The molecule has 2 aromatic carbocycles. The van der Waals surface area contributed by atoms with Crippen LogP contribution in [0.1, 0.15) is 42.3 Å². The average Bonchev–Trinajstić information content (AvgIpc) is 2.53. The summed E-state index contributed by atoms with van der Waals surface area (Å²) in [5.74, 6) is -0.359. The van der Waals surface area contributed by atoms with Crippen LogP contribution < -0.4 is 0 Å². The standard InChI is InChI=1S/C19H22N2O3/c1-19(2,3)15-11-9-14(10-12-15)13-20(4)18(22)16-7-5-6-8-17(16)21(23)24/h5-12H,13H2,1-4H3. The zero-order chi connectivity index (χ0) is 17.9. The first-order chi connectivity index (χ1) is 11.2. The van der Waals surface area contributed by atoms with Gasteiger partial charge in [-0.15, -0.1) is 0 Å². The van der Waals surface area contributed by atoms with Gasteiger partial charge in [-0.25, -0.2) is 0 Å². The Balaban J connectivity index is 2.17. The van der Waals surface area contributed by atoms with Gasteiger partial charge in [0.1, 0.15) is 5.56 Å². The largest absolute Gasteiger partial charge is 0.337 e. The molecule has 0 radical (unpaired) electrons. The predicted molar refractivity (Wildman–Crippen MR) is 94.0 cm³/mol. The Morgan fingerprint density at radius 1 is 1.08 bits per heavy atom. The minimum Gasteiger partial charge on any atom is -0.337 e.